The molecule has 1 heterocycles. The van der Waals surface area contributed by atoms with Crippen molar-refractivity contribution < 1.29 is 0 Å². The molecule has 3 heteroatoms. The van der Waals surface area contributed by atoms with E-state index in [-0.39, 0.29) is 0 Å². The first-order valence-corrected chi connectivity index (χ1v) is 6.67. The first-order valence-electron chi connectivity index (χ1n) is 6.67. The Balaban J connectivity index is 1.98. The molecule has 3 rings (SSSR count). The second-order valence-electron chi connectivity index (χ2n) is 5.23. The summed E-state index contributed by atoms with van der Waals surface area (Å²) in [6, 6.07) is 0.664. The third-order valence-electron chi connectivity index (χ3n) is 4.02. The van der Waals surface area contributed by atoms with E-state index in [1.807, 2.05) is 0 Å². The molecule has 0 saturated heterocycles. The van der Waals surface area contributed by atoms with Gasteiger partial charge in [-0.1, -0.05) is 19.8 Å². The first-order chi connectivity index (χ1) is 7.81. The van der Waals surface area contributed by atoms with Gasteiger partial charge in [0.25, 0.3) is 0 Å². The minimum Gasteiger partial charge on any atom is -0.384 e. The summed E-state index contributed by atoms with van der Waals surface area (Å²) in [6.07, 6.45) is 8.86. The van der Waals surface area contributed by atoms with Gasteiger partial charge >= 0.3 is 0 Å². The molecule has 0 aliphatic heterocycles. The Morgan fingerprint density at radius 1 is 1.25 bits per heavy atom. The molecule has 0 spiro atoms. The fourth-order valence-electron chi connectivity index (χ4n) is 3.00. The highest BCUT2D eigenvalue weighted by Crippen LogP contribution is 2.42. The van der Waals surface area contributed by atoms with Gasteiger partial charge in [-0.15, -0.1) is 0 Å². The van der Waals surface area contributed by atoms with Crippen LogP contribution in [0.15, 0.2) is 0 Å². The van der Waals surface area contributed by atoms with Gasteiger partial charge in [-0.3, -0.25) is 0 Å². The standard InChI is InChI=1S/C13H21N3/c1-2-11-15-12(9-5-3-4-6-9)13(14)16(11)10-7-8-10/h9-10H,2-8,14H2,1H3. The molecule has 1 aromatic heterocycles. The summed E-state index contributed by atoms with van der Waals surface area (Å²) in [5.74, 6) is 2.83. The minimum absolute atomic E-state index is 0.644. The second-order valence-corrected chi connectivity index (χ2v) is 5.23. The van der Waals surface area contributed by atoms with Gasteiger partial charge in [0, 0.05) is 18.4 Å². The Hall–Kier alpha value is -0.990. The lowest BCUT2D eigenvalue weighted by molar-refractivity contribution is 0.696. The van der Waals surface area contributed by atoms with Gasteiger partial charge in [0.1, 0.15) is 11.6 Å². The van der Waals surface area contributed by atoms with E-state index in [2.05, 4.69) is 11.5 Å². The average molecular weight is 219 g/mol. The Bertz CT molecular complexity index is 384. The van der Waals surface area contributed by atoms with Gasteiger partial charge in [0.05, 0.1) is 5.69 Å². The summed E-state index contributed by atoms with van der Waals surface area (Å²) in [6.45, 7) is 2.18. The van der Waals surface area contributed by atoms with E-state index in [9.17, 15) is 0 Å². The zero-order valence-electron chi connectivity index (χ0n) is 10.1. The van der Waals surface area contributed by atoms with E-state index in [4.69, 9.17) is 10.7 Å². The van der Waals surface area contributed by atoms with Gasteiger partial charge in [0.2, 0.25) is 0 Å². The number of hydrogen-bond acceptors (Lipinski definition) is 2. The van der Waals surface area contributed by atoms with Crippen molar-refractivity contribution >= 4 is 5.82 Å². The lowest BCUT2D eigenvalue weighted by Crippen LogP contribution is -2.05. The molecule has 2 aliphatic carbocycles. The molecule has 3 nitrogen and oxygen atoms in total. The second kappa shape index (κ2) is 3.79. The van der Waals surface area contributed by atoms with Gasteiger partial charge < -0.3 is 10.3 Å². The van der Waals surface area contributed by atoms with E-state index in [0.29, 0.717) is 12.0 Å². The molecule has 2 aliphatic rings. The van der Waals surface area contributed by atoms with Crippen molar-refractivity contribution in [3.05, 3.63) is 11.5 Å². The first kappa shape index (κ1) is 10.2. The van der Waals surface area contributed by atoms with Crippen LogP contribution in [0.1, 0.15) is 68.9 Å². The third kappa shape index (κ3) is 1.53. The van der Waals surface area contributed by atoms with E-state index < -0.39 is 0 Å². The highest BCUT2D eigenvalue weighted by Gasteiger charge is 2.31. The maximum absolute atomic E-state index is 6.30. The third-order valence-corrected chi connectivity index (χ3v) is 4.02. The Morgan fingerprint density at radius 3 is 2.50 bits per heavy atom. The number of hydrogen-bond donors (Lipinski definition) is 1. The van der Waals surface area contributed by atoms with Gasteiger partial charge in [0.15, 0.2) is 0 Å². The fourth-order valence-corrected chi connectivity index (χ4v) is 3.00. The fraction of sp³-hybridized carbons (Fsp3) is 0.769. The molecule has 0 unspecified atom stereocenters. The van der Waals surface area contributed by atoms with E-state index >= 15 is 0 Å². The van der Waals surface area contributed by atoms with Gasteiger partial charge in [-0.25, -0.2) is 4.98 Å². The molecule has 2 saturated carbocycles. The summed E-state index contributed by atoms with van der Waals surface area (Å²) in [7, 11) is 0. The number of imidazole rings is 1. The van der Waals surface area contributed by atoms with Gasteiger partial charge in [-0.05, 0) is 25.7 Å². The molecule has 0 atom stereocenters. The molecule has 1 aromatic rings. The van der Waals surface area contributed by atoms with Crippen LogP contribution in [0.25, 0.3) is 0 Å². The molecule has 0 aromatic carbocycles. The average Bonchev–Trinajstić information content (AvgIpc) is 2.87. The lowest BCUT2D eigenvalue weighted by Gasteiger charge is -2.08. The highest BCUT2D eigenvalue weighted by atomic mass is 15.2. The molecule has 88 valence electrons. The lowest BCUT2D eigenvalue weighted by atomic mass is 10.0. The van der Waals surface area contributed by atoms with Crippen LogP contribution in [0.3, 0.4) is 0 Å². The summed E-state index contributed by atoms with van der Waals surface area (Å²) >= 11 is 0. The van der Waals surface area contributed by atoms with Crippen LogP contribution in [0.4, 0.5) is 5.82 Å². The van der Waals surface area contributed by atoms with Crippen LogP contribution in [0.5, 0.6) is 0 Å². The monoisotopic (exact) mass is 219 g/mol. The summed E-state index contributed by atoms with van der Waals surface area (Å²) in [4.78, 5) is 4.81. The van der Waals surface area contributed by atoms with Crippen molar-refractivity contribution in [3.63, 3.8) is 0 Å². The normalized spacial score (nSPS) is 21.8. The quantitative estimate of drug-likeness (QED) is 0.849. The maximum atomic E-state index is 6.30. The molecule has 2 fully saturated rings. The summed E-state index contributed by atoms with van der Waals surface area (Å²) in [5, 5.41) is 0. The number of nitrogens with two attached hydrogens (primary N) is 1. The number of rotatable bonds is 3. The number of nitrogens with zero attached hydrogens (tertiary/aromatic N) is 2. The van der Waals surface area contributed by atoms with E-state index in [1.165, 1.54) is 50.0 Å². The molecular weight excluding hydrogens is 198 g/mol. The Kier molecular flexibility index (Phi) is 2.41. The molecule has 0 radical (unpaired) electrons. The van der Waals surface area contributed by atoms with Crippen LogP contribution < -0.4 is 5.73 Å². The molecular formula is C13H21N3. The Labute approximate surface area is 97.0 Å². The van der Waals surface area contributed by atoms with Crippen LogP contribution >= 0.6 is 0 Å². The number of anilines is 1. The molecule has 0 amide bonds. The SMILES string of the molecule is CCc1nc(C2CCCC2)c(N)n1C1CC1. The van der Waals surface area contributed by atoms with Crippen LogP contribution in [0, 0.1) is 0 Å². The number of aromatic nitrogens is 2. The van der Waals surface area contributed by atoms with Crippen molar-refractivity contribution in [1.82, 2.24) is 9.55 Å². The largest absolute Gasteiger partial charge is 0.384 e. The zero-order chi connectivity index (χ0) is 11.1. The van der Waals surface area contributed by atoms with E-state index in [0.717, 1.165) is 12.2 Å². The summed E-state index contributed by atoms with van der Waals surface area (Å²) < 4.78 is 2.31. The Morgan fingerprint density at radius 2 is 1.94 bits per heavy atom. The van der Waals surface area contributed by atoms with Crippen LogP contribution in [-0.4, -0.2) is 9.55 Å². The van der Waals surface area contributed by atoms with Crippen molar-refractivity contribution in [2.45, 2.75) is 63.8 Å². The molecule has 2 N–H and O–H groups in total. The zero-order valence-corrected chi connectivity index (χ0v) is 10.1. The summed E-state index contributed by atoms with van der Waals surface area (Å²) in [5.41, 5.74) is 7.51. The van der Waals surface area contributed by atoms with Crippen LogP contribution in [0.2, 0.25) is 0 Å². The van der Waals surface area contributed by atoms with Crippen molar-refractivity contribution in [2.75, 3.05) is 5.73 Å². The molecule has 16 heavy (non-hydrogen) atoms. The molecule has 0 bridgehead atoms. The maximum Gasteiger partial charge on any atom is 0.127 e. The van der Waals surface area contributed by atoms with Crippen molar-refractivity contribution in [2.24, 2.45) is 0 Å². The van der Waals surface area contributed by atoms with E-state index in [1.54, 1.807) is 0 Å². The van der Waals surface area contributed by atoms with Crippen molar-refractivity contribution in [1.29, 1.82) is 0 Å². The predicted molar refractivity (Wildman–Crippen MR) is 65.5 cm³/mol. The number of nitrogen functional groups attached to an aromatic ring is 1. The highest BCUT2D eigenvalue weighted by molar-refractivity contribution is 5.42. The van der Waals surface area contributed by atoms with Crippen LogP contribution in [-0.2, 0) is 6.42 Å². The number of aryl methyl sites for hydroxylation is 1. The topological polar surface area (TPSA) is 43.8 Å². The minimum atomic E-state index is 0.644. The predicted octanol–water partition coefficient (Wildman–Crippen LogP) is 3.02. The van der Waals surface area contributed by atoms with Gasteiger partial charge in [-0.2, -0.15) is 0 Å². The van der Waals surface area contributed by atoms with Crippen molar-refractivity contribution in [3.8, 4) is 0 Å². The smallest absolute Gasteiger partial charge is 0.127 e.